The predicted molar refractivity (Wildman–Crippen MR) is 105 cm³/mol. The van der Waals surface area contributed by atoms with Gasteiger partial charge in [-0.2, -0.15) is 0 Å². The highest BCUT2D eigenvalue weighted by Crippen LogP contribution is 2.35. The van der Waals surface area contributed by atoms with E-state index < -0.39 is 0 Å². The number of rotatable bonds is 4. The van der Waals surface area contributed by atoms with E-state index in [1.807, 2.05) is 6.07 Å². The quantitative estimate of drug-likeness (QED) is 0.740. The minimum atomic E-state index is 0.281. The highest BCUT2D eigenvalue weighted by molar-refractivity contribution is 5.89. The maximum Gasteiger partial charge on any atom is 0.160 e. The maximum absolute atomic E-state index is 5.46. The molecule has 1 aliphatic heterocycles. The molecule has 1 aliphatic rings. The predicted octanol–water partition coefficient (Wildman–Crippen LogP) is 4.23. The van der Waals surface area contributed by atoms with Crippen LogP contribution in [-0.4, -0.2) is 25.7 Å². The summed E-state index contributed by atoms with van der Waals surface area (Å²) >= 11 is 0. The summed E-state index contributed by atoms with van der Waals surface area (Å²) in [5.74, 6) is 1.55. The molecule has 4 nitrogen and oxygen atoms in total. The zero-order valence-corrected chi connectivity index (χ0v) is 15.9. The van der Waals surface area contributed by atoms with Gasteiger partial charge in [-0.1, -0.05) is 12.1 Å². The Bertz CT molecular complexity index is 958. The number of fused-ring (bicyclic) bond motifs is 3. The molecule has 0 bridgehead atoms. The topological polar surface area (TPSA) is 46.3 Å². The van der Waals surface area contributed by atoms with Crippen molar-refractivity contribution in [3.63, 3.8) is 0 Å². The Morgan fingerprint density at radius 2 is 1.85 bits per heavy atom. The largest absolute Gasteiger partial charge is 0.493 e. The van der Waals surface area contributed by atoms with Gasteiger partial charge in [-0.25, -0.2) is 0 Å². The van der Waals surface area contributed by atoms with Crippen LogP contribution in [0.3, 0.4) is 0 Å². The normalized spacial score (nSPS) is 16.5. The Labute approximate surface area is 154 Å². The third-order valence-corrected chi connectivity index (χ3v) is 5.38. The molecule has 26 heavy (non-hydrogen) atoms. The summed E-state index contributed by atoms with van der Waals surface area (Å²) in [6.45, 7) is 5.38. The SMILES string of the molecule is COc1ccc(C[C@H]2NCCc3c2[nH]c2cc(C)cc(C)c32)cc1OC. The van der Waals surface area contributed by atoms with Gasteiger partial charge in [0.15, 0.2) is 11.5 Å². The van der Waals surface area contributed by atoms with E-state index in [-0.39, 0.29) is 6.04 Å². The number of aromatic nitrogens is 1. The minimum Gasteiger partial charge on any atom is -0.493 e. The number of nitrogens with one attached hydrogen (secondary N) is 2. The van der Waals surface area contributed by atoms with Crippen LogP contribution in [0.5, 0.6) is 11.5 Å². The van der Waals surface area contributed by atoms with E-state index in [1.165, 1.54) is 38.9 Å². The van der Waals surface area contributed by atoms with Crippen LogP contribution in [0, 0.1) is 13.8 Å². The Kier molecular flexibility index (Phi) is 4.37. The molecule has 0 saturated heterocycles. The average molecular weight is 350 g/mol. The number of ether oxygens (including phenoxy) is 2. The highest BCUT2D eigenvalue weighted by atomic mass is 16.5. The molecule has 0 fully saturated rings. The first-order valence-corrected chi connectivity index (χ1v) is 9.16. The lowest BCUT2D eigenvalue weighted by Gasteiger charge is -2.25. The van der Waals surface area contributed by atoms with Crippen molar-refractivity contribution in [2.24, 2.45) is 0 Å². The fourth-order valence-electron chi connectivity index (χ4n) is 4.27. The summed E-state index contributed by atoms with van der Waals surface area (Å²) < 4.78 is 10.8. The van der Waals surface area contributed by atoms with E-state index in [9.17, 15) is 0 Å². The van der Waals surface area contributed by atoms with E-state index in [2.05, 4.69) is 48.4 Å². The second kappa shape index (κ2) is 6.69. The highest BCUT2D eigenvalue weighted by Gasteiger charge is 2.25. The monoisotopic (exact) mass is 350 g/mol. The van der Waals surface area contributed by atoms with Crippen LogP contribution >= 0.6 is 0 Å². The van der Waals surface area contributed by atoms with Crippen molar-refractivity contribution in [1.82, 2.24) is 10.3 Å². The van der Waals surface area contributed by atoms with Crippen molar-refractivity contribution in [3.05, 3.63) is 58.3 Å². The number of aryl methyl sites for hydroxylation is 2. The van der Waals surface area contributed by atoms with Gasteiger partial charge in [0, 0.05) is 16.6 Å². The van der Waals surface area contributed by atoms with E-state index in [1.54, 1.807) is 14.2 Å². The standard InChI is InChI=1S/C22H26N2O2/c1-13-9-14(2)21-16-7-8-23-18(22(16)24-17(21)10-13)11-15-5-6-19(25-3)20(12-15)26-4/h5-6,9-10,12,18,23-24H,7-8,11H2,1-4H3/t18-/m1/s1. The van der Waals surface area contributed by atoms with Gasteiger partial charge < -0.3 is 19.8 Å². The lowest BCUT2D eigenvalue weighted by Crippen LogP contribution is -2.31. The first-order chi connectivity index (χ1) is 12.6. The van der Waals surface area contributed by atoms with E-state index in [0.717, 1.165) is 30.9 Å². The molecular formula is C22H26N2O2. The van der Waals surface area contributed by atoms with Crippen molar-refractivity contribution < 1.29 is 9.47 Å². The third-order valence-electron chi connectivity index (χ3n) is 5.38. The Balaban J connectivity index is 1.71. The van der Waals surface area contributed by atoms with Crippen LogP contribution in [0.25, 0.3) is 10.9 Å². The third kappa shape index (κ3) is 2.84. The van der Waals surface area contributed by atoms with Crippen LogP contribution in [0.15, 0.2) is 30.3 Å². The lowest BCUT2D eigenvalue weighted by atomic mass is 9.93. The number of hydrogen-bond donors (Lipinski definition) is 2. The van der Waals surface area contributed by atoms with Gasteiger partial charge in [0.05, 0.1) is 20.3 Å². The molecule has 0 saturated carbocycles. The molecule has 2 aromatic carbocycles. The Morgan fingerprint density at radius 3 is 2.62 bits per heavy atom. The lowest BCUT2D eigenvalue weighted by molar-refractivity contribution is 0.354. The smallest absolute Gasteiger partial charge is 0.160 e. The molecule has 0 unspecified atom stereocenters. The molecule has 0 radical (unpaired) electrons. The second-order valence-electron chi connectivity index (χ2n) is 7.17. The molecule has 2 heterocycles. The Morgan fingerprint density at radius 1 is 1.04 bits per heavy atom. The van der Waals surface area contributed by atoms with Crippen LogP contribution in [0.1, 0.15) is 34.0 Å². The van der Waals surface area contributed by atoms with Gasteiger partial charge in [0.2, 0.25) is 0 Å². The molecular weight excluding hydrogens is 324 g/mol. The second-order valence-corrected chi connectivity index (χ2v) is 7.17. The van der Waals surface area contributed by atoms with Gasteiger partial charge in [0.25, 0.3) is 0 Å². The summed E-state index contributed by atoms with van der Waals surface area (Å²) in [4.78, 5) is 3.70. The average Bonchev–Trinajstić information content (AvgIpc) is 3.01. The summed E-state index contributed by atoms with van der Waals surface area (Å²) in [7, 11) is 3.35. The summed E-state index contributed by atoms with van der Waals surface area (Å²) in [6.07, 6.45) is 1.99. The summed E-state index contributed by atoms with van der Waals surface area (Å²) in [6, 6.07) is 11.0. The van der Waals surface area contributed by atoms with E-state index in [0.29, 0.717) is 0 Å². The van der Waals surface area contributed by atoms with Crippen LogP contribution in [-0.2, 0) is 12.8 Å². The van der Waals surface area contributed by atoms with Crippen molar-refractivity contribution in [2.45, 2.75) is 32.7 Å². The number of H-pyrrole nitrogens is 1. The van der Waals surface area contributed by atoms with E-state index >= 15 is 0 Å². The van der Waals surface area contributed by atoms with Gasteiger partial charge in [0.1, 0.15) is 0 Å². The van der Waals surface area contributed by atoms with Crippen molar-refractivity contribution >= 4 is 10.9 Å². The molecule has 1 aromatic heterocycles. The molecule has 0 aliphatic carbocycles. The van der Waals surface area contributed by atoms with Crippen LogP contribution in [0.4, 0.5) is 0 Å². The molecule has 136 valence electrons. The number of benzene rings is 2. The zero-order chi connectivity index (χ0) is 18.3. The number of methoxy groups -OCH3 is 2. The fourth-order valence-corrected chi connectivity index (χ4v) is 4.27. The first kappa shape index (κ1) is 17.0. The molecule has 0 amide bonds. The van der Waals surface area contributed by atoms with Crippen LogP contribution in [0.2, 0.25) is 0 Å². The zero-order valence-electron chi connectivity index (χ0n) is 15.9. The minimum absolute atomic E-state index is 0.281. The maximum atomic E-state index is 5.46. The van der Waals surface area contributed by atoms with Gasteiger partial charge in [-0.05, 0) is 73.7 Å². The van der Waals surface area contributed by atoms with Gasteiger partial charge in [-0.15, -0.1) is 0 Å². The number of aromatic amines is 1. The van der Waals surface area contributed by atoms with E-state index in [4.69, 9.17) is 9.47 Å². The van der Waals surface area contributed by atoms with Gasteiger partial charge >= 0.3 is 0 Å². The first-order valence-electron chi connectivity index (χ1n) is 9.16. The fraction of sp³-hybridized carbons (Fsp3) is 0.364. The number of hydrogen-bond acceptors (Lipinski definition) is 3. The van der Waals surface area contributed by atoms with Crippen molar-refractivity contribution in [2.75, 3.05) is 20.8 Å². The Hall–Kier alpha value is -2.46. The van der Waals surface area contributed by atoms with Crippen molar-refractivity contribution in [1.29, 1.82) is 0 Å². The molecule has 1 atom stereocenters. The summed E-state index contributed by atoms with van der Waals surface area (Å²) in [5.41, 5.74) is 7.96. The molecule has 2 N–H and O–H groups in total. The molecule has 3 aromatic rings. The molecule has 0 spiro atoms. The van der Waals surface area contributed by atoms with Crippen LogP contribution < -0.4 is 14.8 Å². The van der Waals surface area contributed by atoms with Gasteiger partial charge in [-0.3, -0.25) is 0 Å². The van der Waals surface area contributed by atoms with Crippen molar-refractivity contribution in [3.8, 4) is 11.5 Å². The molecule has 4 heteroatoms. The summed E-state index contributed by atoms with van der Waals surface area (Å²) in [5, 5.41) is 5.09. The molecule has 4 rings (SSSR count).